The quantitative estimate of drug-likeness (QED) is 0.164. The molecule has 4 nitrogen and oxygen atoms in total. The van der Waals surface area contributed by atoms with Gasteiger partial charge in [-0.05, 0) is 132 Å². The molecule has 0 amide bonds. The molecule has 69 heavy (non-hydrogen) atoms. The average Bonchev–Trinajstić information content (AvgIpc) is 4.03. The predicted octanol–water partition coefficient (Wildman–Crippen LogP) is 15.8. The summed E-state index contributed by atoms with van der Waals surface area (Å²) in [7, 11) is 0. The summed E-state index contributed by atoms with van der Waals surface area (Å²) in [5, 5.41) is 4.84. The molecule has 3 aliphatic heterocycles. The molecule has 330 valence electrons. The SMILES string of the molecule is Cc1cc2c3c(c1)N(c1cccc4sc5ccccc5c14)c1cc(-c4ccccc4)ccc1B3c1ccc(N3c4ccccc4C4(C)CCCCC34C)cc1N2c1cccc2c1oc1ccccc12. The fourth-order valence-corrected chi connectivity index (χ4v) is 14.7. The standard InChI is InChI=1S/C63H48BN3OS/c1-39-35-54-60-55(36-39)66(51-25-15-21-44-43-19-7-11-26-56(43)68-61(44)51)53-38-42(67-49-23-10-9-22-46(49)62(2)33-13-14-34-63(62,67)3)30-32-48(53)64(60)47-31-29-41(40-17-5-4-6-18-40)37-52(47)65(54)50-24-16-28-58-59(50)45-20-8-12-27-57(45)69-58/h4-12,15-32,35-38H,13-14,33-34H2,1-3H3. The van der Waals surface area contributed by atoms with E-state index in [0.29, 0.717) is 0 Å². The lowest BCUT2D eigenvalue weighted by Gasteiger charge is -2.50. The minimum absolute atomic E-state index is 0.0365. The molecule has 1 fully saturated rings. The van der Waals surface area contributed by atoms with E-state index in [2.05, 4.69) is 224 Å². The van der Waals surface area contributed by atoms with Crippen molar-refractivity contribution in [2.75, 3.05) is 14.7 Å². The van der Waals surface area contributed by atoms with Crippen LogP contribution in [0.1, 0.15) is 50.7 Å². The van der Waals surface area contributed by atoms with Crippen molar-refractivity contribution in [3.05, 3.63) is 199 Å². The molecule has 0 spiro atoms. The Morgan fingerprint density at radius 1 is 0.507 bits per heavy atom. The molecule has 2 aromatic heterocycles. The third-order valence-electron chi connectivity index (χ3n) is 16.8. The lowest BCUT2D eigenvalue weighted by molar-refractivity contribution is 0.195. The fraction of sp³-hybridized carbons (Fsp3) is 0.143. The smallest absolute Gasteiger partial charge is 0.252 e. The lowest BCUT2D eigenvalue weighted by atomic mass is 9.33. The maximum atomic E-state index is 6.99. The van der Waals surface area contributed by atoms with Crippen LogP contribution >= 0.6 is 11.3 Å². The van der Waals surface area contributed by atoms with E-state index < -0.39 is 0 Å². The van der Waals surface area contributed by atoms with E-state index in [4.69, 9.17) is 4.42 Å². The number of nitrogens with zero attached hydrogens (tertiary/aromatic N) is 3. The Morgan fingerprint density at radius 2 is 1.16 bits per heavy atom. The minimum atomic E-state index is -0.0816. The van der Waals surface area contributed by atoms with E-state index in [1.165, 1.54) is 118 Å². The summed E-state index contributed by atoms with van der Waals surface area (Å²) in [6.45, 7) is 7.31. The van der Waals surface area contributed by atoms with E-state index in [9.17, 15) is 0 Å². The number of anilines is 8. The second kappa shape index (κ2) is 14.3. The van der Waals surface area contributed by atoms with Gasteiger partial charge in [0.05, 0.1) is 16.9 Å². The van der Waals surface area contributed by atoms with E-state index in [1.54, 1.807) is 0 Å². The lowest BCUT2D eigenvalue weighted by Crippen LogP contribution is -2.61. The van der Waals surface area contributed by atoms with Gasteiger partial charge in [0.2, 0.25) is 0 Å². The van der Waals surface area contributed by atoms with Gasteiger partial charge in [-0.15, -0.1) is 11.3 Å². The van der Waals surface area contributed by atoms with Crippen LogP contribution in [0.3, 0.4) is 0 Å². The normalized spacial score (nSPS) is 19.0. The maximum Gasteiger partial charge on any atom is 0.252 e. The van der Waals surface area contributed by atoms with Crippen LogP contribution in [0.2, 0.25) is 0 Å². The highest BCUT2D eigenvalue weighted by atomic mass is 32.1. The molecule has 0 N–H and O–H groups in total. The van der Waals surface area contributed by atoms with Gasteiger partial charge in [0.25, 0.3) is 6.71 Å². The summed E-state index contributed by atoms with van der Waals surface area (Å²) in [5.74, 6) is 0. The first-order valence-electron chi connectivity index (χ1n) is 24.7. The molecule has 1 aliphatic carbocycles. The number of benzene rings is 9. The molecule has 4 aliphatic rings. The first-order chi connectivity index (χ1) is 33.9. The number of para-hydroxylation sites is 3. The summed E-state index contributed by atoms with van der Waals surface area (Å²) >= 11 is 1.88. The van der Waals surface area contributed by atoms with Gasteiger partial charge in [-0.3, -0.25) is 0 Å². The molecule has 0 radical (unpaired) electrons. The number of thiophene rings is 1. The molecule has 2 atom stereocenters. The predicted molar refractivity (Wildman–Crippen MR) is 294 cm³/mol. The number of aryl methyl sites for hydroxylation is 1. The van der Waals surface area contributed by atoms with Crippen molar-refractivity contribution < 1.29 is 4.42 Å². The van der Waals surface area contributed by atoms with Gasteiger partial charge >= 0.3 is 0 Å². The highest BCUT2D eigenvalue weighted by Gasteiger charge is 2.58. The Labute approximate surface area is 406 Å². The Morgan fingerprint density at radius 3 is 2.03 bits per heavy atom. The van der Waals surface area contributed by atoms with Crippen LogP contribution in [-0.2, 0) is 5.41 Å². The van der Waals surface area contributed by atoms with Crippen LogP contribution in [0.5, 0.6) is 0 Å². The molecule has 0 bridgehead atoms. The van der Waals surface area contributed by atoms with Crippen LogP contribution in [0.15, 0.2) is 192 Å². The van der Waals surface area contributed by atoms with Crippen molar-refractivity contribution in [3.8, 4) is 11.1 Å². The molecule has 11 aromatic rings. The largest absolute Gasteiger partial charge is 0.454 e. The summed E-state index contributed by atoms with van der Waals surface area (Å²) in [4.78, 5) is 7.91. The zero-order valence-electron chi connectivity index (χ0n) is 39.0. The number of furan rings is 1. The maximum absolute atomic E-state index is 6.99. The highest BCUT2D eigenvalue weighted by Crippen LogP contribution is 2.61. The number of hydrogen-bond donors (Lipinski definition) is 0. The van der Waals surface area contributed by atoms with Crippen LogP contribution in [0, 0.1) is 6.92 Å². The van der Waals surface area contributed by atoms with Crippen molar-refractivity contribution in [1.29, 1.82) is 0 Å². The topological polar surface area (TPSA) is 22.9 Å². The summed E-state index contributed by atoms with van der Waals surface area (Å²) in [6, 6.07) is 70.8. The molecular weight excluding hydrogens is 858 g/mol. The summed E-state index contributed by atoms with van der Waals surface area (Å²) in [5.41, 5.74) is 20.4. The average molecular weight is 906 g/mol. The first kappa shape index (κ1) is 39.5. The molecule has 0 saturated heterocycles. The van der Waals surface area contributed by atoms with Crippen molar-refractivity contribution in [2.45, 2.75) is 57.4 Å². The number of hydrogen-bond acceptors (Lipinski definition) is 5. The van der Waals surface area contributed by atoms with Crippen LogP contribution in [0.4, 0.5) is 45.5 Å². The van der Waals surface area contributed by atoms with Crippen molar-refractivity contribution >= 4 is 122 Å². The van der Waals surface area contributed by atoms with Gasteiger partial charge in [0, 0.05) is 70.5 Å². The Balaban J connectivity index is 1.05. The third-order valence-corrected chi connectivity index (χ3v) is 18.0. The molecule has 2 unspecified atom stereocenters. The Kier molecular flexibility index (Phi) is 8.15. The molecule has 1 saturated carbocycles. The van der Waals surface area contributed by atoms with E-state index in [0.717, 1.165) is 34.0 Å². The molecule has 5 heterocycles. The zero-order chi connectivity index (χ0) is 45.8. The van der Waals surface area contributed by atoms with Crippen molar-refractivity contribution in [2.24, 2.45) is 0 Å². The van der Waals surface area contributed by atoms with Crippen molar-refractivity contribution in [1.82, 2.24) is 0 Å². The molecule has 15 rings (SSSR count). The Hall–Kier alpha value is -7.54. The Bertz CT molecular complexity index is 3970. The van der Waals surface area contributed by atoms with Gasteiger partial charge in [0.1, 0.15) is 5.58 Å². The number of rotatable bonds is 4. The fourth-order valence-electron chi connectivity index (χ4n) is 13.5. The van der Waals surface area contributed by atoms with Crippen LogP contribution in [-0.4, -0.2) is 12.3 Å². The summed E-state index contributed by atoms with van der Waals surface area (Å²) in [6.07, 6.45) is 4.82. The van der Waals surface area contributed by atoms with Crippen LogP contribution in [0.25, 0.3) is 53.2 Å². The third kappa shape index (κ3) is 5.30. The van der Waals surface area contributed by atoms with Crippen LogP contribution < -0.4 is 31.1 Å². The van der Waals surface area contributed by atoms with Gasteiger partial charge in [0.15, 0.2) is 5.58 Å². The highest BCUT2D eigenvalue weighted by molar-refractivity contribution is 7.26. The first-order valence-corrected chi connectivity index (χ1v) is 25.5. The van der Waals surface area contributed by atoms with Gasteiger partial charge < -0.3 is 19.1 Å². The molecular formula is C63H48BN3OS. The molecule has 9 aromatic carbocycles. The van der Waals surface area contributed by atoms with E-state index in [-0.39, 0.29) is 17.7 Å². The zero-order valence-corrected chi connectivity index (χ0v) is 39.8. The number of fused-ring (bicyclic) bond motifs is 13. The minimum Gasteiger partial charge on any atom is -0.454 e. The van der Waals surface area contributed by atoms with E-state index in [1.807, 2.05) is 11.3 Å². The molecule has 6 heteroatoms. The van der Waals surface area contributed by atoms with E-state index >= 15 is 0 Å². The van der Waals surface area contributed by atoms with Gasteiger partial charge in [-0.2, -0.15) is 0 Å². The second-order valence-electron chi connectivity index (χ2n) is 20.4. The second-order valence-corrected chi connectivity index (χ2v) is 21.5. The van der Waals surface area contributed by atoms with Gasteiger partial charge in [-0.25, -0.2) is 0 Å². The van der Waals surface area contributed by atoms with Gasteiger partial charge in [-0.1, -0.05) is 141 Å². The van der Waals surface area contributed by atoms with Crippen molar-refractivity contribution in [3.63, 3.8) is 0 Å². The monoisotopic (exact) mass is 905 g/mol. The summed E-state index contributed by atoms with van der Waals surface area (Å²) < 4.78 is 9.59.